The zero-order chi connectivity index (χ0) is 10.2. The second-order valence-corrected chi connectivity index (χ2v) is 4.08. The molecule has 2 nitrogen and oxygen atoms in total. The highest BCUT2D eigenvalue weighted by molar-refractivity contribution is 5.85. The number of benzene rings is 1. The van der Waals surface area contributed by atoms with Crippen molar-refractivity contribution in [1.29, 1.82) is 0 Å². The molecule has 1 heterocycles. The topological polar surface area (TPSA) is 32.3 Å². The molecule has 0 aromatic heterocycles. The Morgan fingerprint density at radius 1 is 1.53 bits per heavy atom. The highest BCUT2D eigenvalue weighted by Crippen LogP contribution is 2.30. The van der Waals surface area contributed by atoms with Crippen molar-refractivity contribution in [1.82, 2.24) is 5.32 Å². The molecule has 0 spiro atoms. The summed E-state index contributed by atoms with van der Waals surface area (Å²) in [5.41, 5.74) is 0.607. The summed E-state index contributed by atoms with van der Waals surface area (Å²) < 4.78 is 13.0. The second kappa shape index (κ2) is 4.47. The van der Waals surface area contributed by atoms with Crippen LogP contribution in [0.4, 0.5) is 4.39 Å². The van der Waals surface area contributed by atoms with Gasteiger partial charge in [0.15, 0.2) is 0 Å². The molecule has 2 atom stereocenters. The average molecular weight is 232 g/mol. The number of β-amino-alcohol motifs (C(OH)–C–C–N with tert-alkyl or cyclic N) is 1. The normalized spacial score (nSPS) is 29.9. The standard InChI is InChI=1S/C11H14FNO.ClH/c1-11(6-10(14)7-13-11)8-3-2-4-9(12)5-8;/h2-5,10,13-14H,6-7H2,1H3;1H. The lowest BCUT2D eigenvalue weighted by Crippen LogP contribution is -2.33. The first-order valence-corrected chi connectivity index (χ1v) is 4.79. The maximum atomic E-state index is 13.0. The van der Waals surface area contributed by atoms with Crippen molar-refractivity contribution in [3.63, 3.8) is 0 Å². The number of aliphatic hydroxyl groups excluding tert-OH is 1. The molecule has 1 saturated heterocycles. The van der Waals surface area contributed by atoms with Gasteiger partial charge in [0.05, 0.1) is 6.10 Å². The quantitative estimate of drug-likeness (QED) is 0.773. The Balaban J connectivity index is 0.00000112. The number of halogens is 2. The Hall–Kier alpha value is -0.640. The molecule has 84 valence electrons. The van der Waals surface area contributed by atoms with Gasteiger partial charge in [0, 0.05) is 12.1 Å². The third kappa shape index (κ3) is 2.48. The predicted molar refractivity (Wildman–Crippen MR) is 59.6 cm³/mol. The van der Waals surface area contributed by atoms with Gasteiger partial charge >= 0.3 is 0 Å². The summed E-state index contributed by atoms with van der Waals surface area (Å²) in [7, 11) is 0. The molecule has 2 rings (SSSR count). The van der Waals surface area contributed by atoms with E-state index in [-0.39, 0.29) is 29.9 Å². The van der Waals surface area contributed by atoms with Gasteiger partial charge in [0.2, 0.25) is 0 Å². The van der Waals surface area contributed by atoms with E-state index in [1.165, 1.54) is 12.1 Å². The van der Waals surface area contributed by atoms with Crippen LogP contribution in [0.25, 0.3) is 0 Å². The van der Waals surface area contributed by atoms with Gasteiger partial charge in [-0.1, -0.05) is 12.1 Å². The fourth-order valence-corrected chi connectivity index (χ4v) is 2.01. The van der Waals surface area contributed by atoms with Gasteiger partial charge in [0.1, 0.15) is 5.82 Å². The highest BCUT2D eigenvalue weighted by atomic mass is 35.5. The van der Waals surface area contributed by atoms with E-state index in [4.69, 9.17) is 0 Å². The van der Waals surface area contributed by atoms with Crippen LogP contribution in [-0.4, -0.2) is 17.8 Å². The number of hydrogen-bond donors (Lipinski definition) is 2. The zero-order valence-electron chi connectivity index (χ0n) is 8.53. The van der Waals surface area contributed by atoms with Crippen LogP contribution in [0.3, 0.4) is 0 Å². The third-order valence-electron chi connectivity index (χ3n) is 2.83. The average Bonchev–Trinajstić information content (AvgIpc) is 2.48. The first kappa shape index (κ1) is 12.4. The summed E-state index contributed by atoms with van der Waals surface area (Å²) in [5, 5.41) is 12.6. The van der Waals surface area contributed by atoms with Crippen LogP contribution >= 0.6 is 12.4 Å². The summed E-state index contributed by atoms with van der Waals surface area (Å²) in [5.74, 6) is -0.230. The van der Waals surface area contributed by atoms with Gasteiger partial charge in [-0.05, 0) is 31.0 Å². The Morgan fingerprint density at radius 2 is 2.27 bits per heavy atom. The Kier molecular flexibility index (Phi) is 3.71. The van der Waals surface area contributed by atoms with Crippen molar-refractivity contribution in [3.05, 3.63) is 35.6 Å². The molecule has 0 radical (unpaired) electrons. The first-order chi connectivity index (χ1) is 6.60. The van der Waals surface area contributed by atoms with Gasteiger partial charge in [-0.3, -0.25) is 0 Å². The minimum Gasteiger partial charge on any atom is -0.392 e. The van der Waals surface area contributed by atoms with Crippen LogP contribution in [-0.2, 0) is 5.54 Å². The molecule has 2 N–H and O–H groups in total. The lowest BCUT2D eigenvalue weighted by Gasteiger charge is -2.24. The lowest BCUT2D eigenvalue weighted by atomic mass is 9.90. The second-order valence-electron chi connectivity index (χ2n) is 4.08. The summed E-state index contributed by atoms with van der Waals surface area (Å²) in [6.07, 6.45) is 0.305. The maximum Gasteiger partial charge on any atom is 0.123 e. The first-order valence-electron chi connectivity index (χ1n) is 4.79. The monoisotopic (exact) mass is 231 g/mol. The molecule has 1 aromatic carbocycles. The molecular formula is C11H15ClFNO. The molecule has 0 bridgehead atoms. The van der Waals surface area contributed by atoms with Crippen LogP contribution in [0.5, 0.6) is 0 Å². The summed E-state index contributed by atoms with van der Waals surface area (Å²) in [6.45, 7) is 2.56. The minimum absolute atomic E-state index is 0. The van der Waals surface area contributed by atoms with Gasteiger partial charge in [-0.2, -0.15) is 0 Å². The highest BCUT2D eigenvalue weighted by Gasteiger charge is 2.35. The lowest BCUT2D eigenvalue weighted by molar-refractivity contribution is 0.186. The number of hydrogen-bond acceptors (Lipinski definition) is 2. The summed E-state index contributed by atoms with van der Waals surface area (Å²) in [4.78, 5) is 0. The Bertz CT molecular complexity index is 347. The summed E-state index contributed by atoms with van der Waals surface area (Å²) >= 11 is 0. The molecule has 1 aliphatic rings. The smallest absolute Gasteiger partial charge is 0.123 e. The van der Waals surface area contributed by atoms with E-state index in [2.05, 4.69) is 5.32 Å². The van der Waals surface area contributed by atoms with Gasteiger partial charge in [-0.25, -0.2) is 4.39 Å². The third-order valence-corrected chi connectivity index (χ3v) is 2.83. The van der Waals surface area contributed by atoms with Crippen LogP contribution < -0.4 is 5.32 Å². The van der Waals surface area contributed by atoms with E-state index < -0.39 is 0 Å². The molecule has 0 amide bonds. The van der Waals surface area contributed by atoms with E-state index in [0.29, 0.717) is 13.0 Å². The fraction of sp³-hybridized carbons (Fsp3) is 0.455. The van der Waals surface area contributed by atoms with Crippen molar-refractivity contribution >= 4 is 12.4 Å². The largest absolute Gasteiger partial charge is 0.392 e. The van der Waals surface area contributed by atoms with Crippen LogP contribution in [0.2, 0.25) is 0 Å². The SMILES string of the molecule is CC1(c2cccc(F)c2)CC(O)CN1.Cl. The number of nitrogens with one attached hydrogen (secondary N) is 1. The van der Waals surface area contributed by atoms with Crippen LogP contribution in [0, 0.1) is 5.82 Å². The summed E-state index contributed by atoms with van der Waals surface area (Å²) in [6, 6.07) is 6.53. The number of aliphatic hydroxyl groups is 1. The number of rotatable bonds is 1. The predicted octanol–water partition coefficient (Wildman–Crippen LogP) is 1.82. The molecular weight excluding hydrogens is 217 g/mol. The molecule has 15 heavy (non-hydrogen) atoms. The van der Waals surface area contributed by atoms with E-state index in [1.807, 2.05) is 13.0 Å². The van der Waals surface area contributed by atoms with Crippen molar-refractivity contribution in [3.8, 4) is 0 Å². The minimum atomic E-state index is -0.330. The van der Waals surface area contributed by atoms with Crippen molar-refractivity contribution in [2.75, 3.05) is 6.54 Å². The Morgan fingerprint density at radius 3 is 2.80 bits per heavy atom. The van der Waals surface area contributed by atoms with E-state index >= 15 is 0 Å². The molecule has 1 aliphatic heterocycles. The van der Waals surface area contributed by atoms with Crippen LogP contribution in [0.15, 0.2) is 24.3 Å². The fourth-order valence-electron chi connectivity index (χ4n) is 2.01. The molecule has 4 heteroatoms. The van der Waals surface area contributed by atoms with Gasteiger partial charge < -0.3 is 10.4 Å². The zero-order valence-corrected chi connectivity index (χ0v) is 9.35. The van der Waals surface area contributed by atoms with E-state index in [9.17, 15) is 9.50 Å². The molecule has 0 saturated carbocycles. The van der Waals surface area contributed by atoms with Crippen molar-refractivity contribution in [2.45, 2.75) is 25.0 Å². The maximum absolute atomic E-state index is 13.0. The van der Waals surface area contributed by atoms with Gasteiger partial charge in [-0.15, -0.1) is 12.4 Å². The molecule has 1 fully saturated rings. The molecule has 2 unspecified atom stereocenters. The van der Waals surface area contributed by atoms with E-state index in [0.717, 1.165) is 5.56 Å². The van der Waals surface area contributed by atoms with Gasteiger partial charge in [0.25, 0.3) is 0 Å². The molecule has 1 aromatic rings. The van der Waals surface area contributed by atoms with Crippen molar-refractivity contribution in [2.24, 2.45) is 0 Å². The van der Waals surface area contributed by atoms with Crippen molar-refractivity contribution < 1.29 is 9.50 Å². The van der Waals surface area contributed by atoms with Crippen LogP contribution in [0.1, 0.15) is 18.9 Å². The Labute approximate surface area is 94.9 Å². The van der Waals surface area contributed by atoms with E-state index in [1.54, 1.807) is 6.07 Å². The molecule has 0 aliphatic carbocycles.